The highest BCUT2D eigenvalue weighted by Crippen LogP contribution is 2.37. The van der Waals surface area contributed by atoms with Crippen LogP contribution in [-0.4, -0.2) is 15.4 Å². The predicted molar refractivity (Wildman–Crippen MR) is 101 cm³/mol. The van der Waals surface area contributed by atoms with Crippen molar-refractivity contribution in [2.24, 2.45) is 0 Å². The largest absolute Gasteiger partial charge is 0.385 e. The number of halogens is 2. The molecular formula is C19H20ClFN4. The van der Waals surface area contributed by atoms with Gasteiger partial charge in [-0.2, -0.15) is 0 Å². The Bertz CT molecular complexity index is 895. The molecule has 3 aromatic rings. The second kappa shape index (κ2) is 6.56. The van der Waals surface area contributed by atoms with E-state index in [1.807, 2.05) is 22.6 Å². The molecule has 1 aliphatic rings. The maximum atomic E-state index is 14.5. The van der Waals surface area contributed by atoms with Gasteiger partial charge >= 0.3 is 0 Å². The summed E-state index contributed by atoms with van der Waals surface area (Å²) < 4.78 is 16.4. The molecule has 1 saturated carbocycles. The van der Waals surface area contributed by atoms with Crippen molar-refractivity contribution < 1.29 is 4.39 Å². The van der Waals surface area contributed by atoms with Gasteiger partial charge in [-0.05, 0) is 37.1 Å². The van der Waals surface area contributed by atoms with Gasteiger partial charge in [0.25, 0.3) is 0 Å². The standard InChI is InChI=1S/C19H20ClFN4/c20-13-8-4-9-14(21)17(13)18-19(23-12-6-2-1-3-7-12)25-15(22)10-5-11-16(25)24-18/h4-5,8-12,23H,1-3,6-7,22H2. The monoisotopic (exact) mass is 358 g/mol. The zero-order valence-corrected chi connectivity index (χ0v) is 14.6. The highest BCUT2D eigenvalue weighted by molar-refractivity contribution is 6.33. The number of nitrogens with zero attached hydrogens (tertiary/aromatic N) is 2. The summed E-state index contributed by atoms with van der Waals surface area (Å²) in [5.41, 5.74) is 7.68. The summed E-state index contributed by atoms with van der Waals surface area (Å²) in [5.74, 6) is 0.884. The van der Waals surface area contributed by atoms with Gasteiger partial charge in [-0.15, -0.1) is 0 Å². The van der Waals surface area contributed by atoms with Gasteiger partial charge < -0.3 is 11.1 Å². The Kier molecular flexibility index (Phi) is 4.25. The fourth-order valence-corrected chi connectivity index (χ4v) is 3.84. The first-order valence-corrected chi connectivity index (χ1v) is 9.01. The fraction of sp³-hybridized carbons (Fsp3) is 0.316. The molecule has 4 rings (SSSR count). The first kappa shape index (κ1) is 16.2. The lowest BCUT2D eigenvalue weighted by Gasteiger charge is -2.24. The average molecular weight is 359 g/mol. The van der Waals surface area contributed by atoms with Gasteiger partial charge in [0, 0.05) is 6.04 Å². The van der Waals surface area contributed by atoms with Crippen LogP contribution >= 0.6 is 11.6 Å². The smallest absolute Gasteiger partial charge is 0.140 e. The van der Waals surface area contributed by atoms with E-state index in [2.05, 4.69) is 10.3 Å². The molecule has 2 heterocycles. The van der Waals surface area contributed by atoms with Crippen molar-refractivity contribution in [3.05, 3.63) is 47.2 Å². The topological polar surface area (TPSA) is 55.3 Å². The van der Waals surface area contributed by atoms with Crippen molar-refractivity contribution in [1.82, 2.24) is 9.38 Å². The molecule has 6 heteroatoms. The zero-order chi connectivity index (χ0) is 17.4. The summed E-state index contributed by atoms with van der Waals surface area (Å²) in [5, 5.41) is 3.90. The molecule has 130 valence electrons. The van der Waals surface area contributed by atoms with Crippen LogP contribution in [0.25, 0.3) is 16.9 Å². The molecule has 1 fully saturated rings. The lowest BCUT2D eigenvalue weighted by Crippen LogP contribution is -2.23. The number of nitrogens with two attached hydrogens (primary N) is 1. The summed E-state index contributed by atoms with van der Waals surface area (Å²) >= 11 is 6.30. The van der Waals surface area contributed by atoms with Crippen LogP contribution in [0.15, 0.2) is 36.4 Å². The third kappa shape index (κ3) is 2.93. The fourth-order valence-electron chi connectivity index (χ4n) is 3.59. The van der Waals surface area contributed by atoms with Gasteiger partial charge in [0.1, 0.15) is 28.8 Å². The maximum absolute atomic E-state index is 14.5. The van der Waals surface area contributed by atoms with Crippen LogP contribution in [-0.2, 0) is 0 Å². The predicted octanol–water partition coefficient (Wildman–Crippen LogP) is 5.12. The Morgan fingerprint density at radius 2 is 1.88 bits per heavy atom. The number of nitrogen functional groups attached to an aromatic ring is 1. The normalized spacial score (nSPS) is 15.6. The van der Waals surface area contributed by atoms with Crippen molar-refractivity contribution in [2.45, 2.75) is 38.1 Å². The first-order valence-electron chi connectivity index (χ1n) is 8.63. The number of nitrogens with one attached hydrogen (secondary N) is 1. The molecule has 0 aliphatic heterocycles. The van der Waals surface area contributed by atoms with E-state index >= 15 is 0 Å². The molecule has 0 amide bonds. The van der Waals surface area contributed by atoms with Crippen LogP contribution in [0.3, 0.4) is 0 Å². The Labute approximate surface area is 150 Å². The van der Waals surface area contributed by atoms with Gasteiger partial charge in [-0.25, -0.2) is 9.37 Å². The molecule has 4 nitrogen and oxygen atoms in total. The van der Waals surface area contributed by atoms with Crippen LogP contribution in [0.5, 0.6) is 0 Å². The van der Waals surface area contributed by atoms with E-state index < -0.39 is 0 Å². The average Bonchev–Trinajstić information content (AvgIpc) is 2.95. The van der Waals surface area contributed by atoms with Crippen LogP contribution in [0.4, 0.5) is 16.0 Å². The highest BCUT2D eigenvalue weighted by Gasteiger charge is 2.23. The lowest BCUT2D eigenvalue weighted by atomic mass is 9.95. The van der Waals surface area contributed by atoms with Gasteiger partial charge in [0.05, 0.1) is 10.6 Å². The summed E-state index contributed by atoms with van der Waals surface area (Å²) in [7, 11) is 0. The van der Waals surface area contributed by atoms with E-state index in [4.69, 9.17) is 17.3 Å². The van der Waals surface area contributed by atoms with Crippen LogP contribution in [0, 0.1) is 5.82 Å². The van der Waals surface area contributed by atoms with Crippen molar-refractivity contribution >= 4 is 28.9 Å². The third-order valence-corrected chi connectivity index (χ3v) is 5.13. The van der Waals surface area contributed by atoms with Crippen molar-refractivity contribution in [2.75, 3.05) is 11.1 Å². The molecule has 0 unspecified atom stereocenters. The second-order valence-corrected chi connectivity index (χ2v) is 6.94. The molecule has 1 aliphatic carbocycles. The number of hydrogen-bond acceptors (Lipinski definition) is 3. The van der Waals surface area contributed by atoms with E-state index in [0.29, 0.717) is 39.6 Å². The van der Waals surface area contributed by atoms with Crippen molar-refractivity contribution in [1.29, 1.82) is 0 Å². The van der Waals surface area contributed by atoms with Crippen molar-refractivity contribution in [3.8, 4) is 11.3 Å². The summed E-state index contributed by atoms with van der Waals surface area (Å²) in [6.07, 6.45) is 5.83. The van der Waals surface area contributed by atoms with Gasteiger partial charge in [-0.3, -0.25) is 4.40 Å². The van der Waals surface area contributed by atoms with Crippen LogP contribution in [0.2, 0.25) is 5.02 Å². The number of pyridine rings is 1. The van der Waals surface area contributed by atoms with Crippen LogP contribution in [0.1, 0.15) is 32.1 Å². The molecule has 0 atom stereocenters. The summed E-state index contributed by atoms with van der Waals surface area (Å²) in [6.45, 7) is 0. The first-order chi connectivity index (χ1) is 12.1. The minimum atomic E-state index is -0.388. The van der Waals surface area contributed by atoms with Gasteiger partial charge in [-0.1, -0.05) is 43.0 Å². The SMILES string of the molecule is Nc1cccc2nc(-c3c(F)cccc3Cl)c(NC3CCCCC3)n12. The Morgan fingerprint density at radius 1 is 1.12 bits per heavy atom. The van der Waals surface area contributed by atoms with E-state index in [1.165, 1.54) is 25.3 Å². The quantitative estimate of drug-likeness (QED) is 0.683. The number of fused-ring (bicyclic) bond motifs is 1. The Hall–Kier alpha value is -2.27. The van der Waals surface area contributed by atoms with E-state index in [0.717, 1.165) is 12.8 Å². The number of aromatic nitrogens is 2. The van der Waals surface area contributed by atoms with Gasteiger partial charge in [0.15, 0.2) is 0 Å². The molecule has 3 N–H and O–H groups in total. The van der Waals surface area contributed by atoms with Crippen LogP contribution < -0.4 is 11.1 Å². The minimum absolute atomic E-state index is 0.311. The van der Waals surface area contributed by atoms with E-state index in [1.54, 1.807) is 12.1 Å². The molecule has 0 spiro atoms. The zero-order valence-electron chi connectivity index (χ0n) is 13.8. The molecule has 25 heavy (non-hydrogen) atoms. The summed E-state index contributed by atoms with van der Waals surface area (Å²) in [6, 6.07) is 10.5. The second-order valence-electron chi connectivity index (χ2n) is 6.53. The molecular weight excluding hydrogens is 339 g/mol. The number of hydrogen-bond donors (Lipinski definition) is 2. The third-order valence-electron chi connectivity index (χ3n) is 4.82. The lowest BCUT2D eigenvalue weighted by molar-refractivity contribution is 0.462. The Balaban J connectivity index is 1.91. The summed E-state index contributed by atoms with van der Waals surface area (Å²) in [4.78, 5) is 4.63. The molecule has 0 radical (unpaired) electrons. The maximum Gasteiger partial charge on any atom is 0.140 e. The van der Waals surface area contributed by atoms with E-state index in [-0.39, 0.29) is 5.82 Å². The number of rotatable bonds is 3. The number of anilines is 2. The molecule has 1 aromatic carbocycles. The molecule has 2 aromatic heterocycles. The highest BCUT2D eigenvalue weighted by atomic mass is 35.5. The van der Waals surface area contributed by atoms with Crippen molar-refractivity contribution in [3.63, 3.8) is 0 Å². The number of imidazole rings is 1. The Morgan fingerprint density at radius 3 is 2.64 bits per heavy atom. The number of benzene rings is 1. The molecule has 0 saturated heterocycles. The van der Waals surface area contributed by atoms with E-state index in [9.17, 15) is 4.39 Å². The van der Waals surface area contributed by atoms with Gasteiger partial charge in [0.2, 0.25) is 0 Å². The molecule has 0 bridgehead atoms. The minimum Gasteiger partial charge on any atom is -0.385 e.